The number of piperidine rings is 2. The maximum absolute atomic E-state index is 12.8. The Bertz CT molecular complexity index is 708. The monoisotopic (exact) mass is 386 g/mol. The van der Waals surface area contributed by atoms with Crippen LogP contribution in [-0.2, 0) is 9.59 Å². The highest BCUT2D eigenvalue weighted by atomic mass is 16.2. The van der Waals surface area contributed by atoms with Gasteiger partial charge in [0, 0.05) is 63.4 Å². The van der Waals surface area contributed by atoms with Crippen molar-refractivity contribution >= 4 is 11.8 Å². The molecule has 3 heterocycles. The molecule has 1 aromatic rings. The third-order valence-corrected chi connectivity index (χ3v) is 7.19. The van der Waals surface area contributed by atoms with Gasteiger partial charge >= 0.3 is 0 Å². The lowest BCUT2D eigenvalue weighted by Gasteiger charge is -2.37. The SMILES string of the molecule is CC(=O)N1CCC(CC(=O)N2CCC(n3c(C)cnc3C3CCC3)CC2)CC1. The van der Waals surface area contributed by atoms with Crippen LogP contribution in [0.15, 0.2) is 6.20 Å². The molecule has 0 atom stereocenters. The van der Waals surface area contributed by atoms with E-state index >= 15 is 0 Å². The lowest BCUT2D eigenvalue weighted by Crippen LogP contribution is -2.42. The summed E-state index contributed by atoms with van der Waals surface area (Å²) in [6.07, 6.45) is 10.5. The molecular weight excluding hydrogens is 352 g/mol. The number of imidazole rings is 1. The molecular formula is C22H34N4O2. The zero-order valence-corrected chi connectivity index (χ0v) is 17.4. The summed E-state index contributed by atoms with van der Waals surface area (Å²) < 4.78 is 2.48. The molecule has 3 fully saturated rings. The van der Waals surface area contributed by atoms with Crippen molar-refractivity contribution in [3.8, 4) is 0 Å². The second-order valence-corrected chi connectivity index (χ2v) is 9.02. The number of carbonyl (C=O) groups is 2. The molecule has 0 N–H and O–H groups in total. The number of aryl methyl sites for hydroxylation is 1. The molecule has 1 aromatic heterocycles. The molecule has 0 radical (unpaired) electrons. The van der Waals surface area contributed by atoms with E-state index in [1.165, 1.54) is 30.8 Å². The lowest BCUT2D eigenvalue weighted by molar-refractivity contribution is -0.134. The maximum atomic E-state index is 12.8. The van der Waals surface area contributed by atoms with Gasteiger partial charge in [0.1, 0.15) is 5.82 Å². The van der Waals surface area contributed by atoms with Crippen LogP contribution < -0.4 is 0 Å². The molecule has 6 heteroatoms. The van der Waals surface area contributed by atoms with Gasteiger partial charge in [-0.3, -0.25) is 9.59 Å². The predicted molar refractivity (Wildman–Crippen MR) is 108 cm³/mol. The van der Waals surface area contributed by atoms with Crippen molar-refractivity contribution in [2.24, 2.45) is 5.92 Å². The number of rotatable bonds is 4. The molecule has 0 unspecified atom stereocenters. The molecule has 0 bridgehead atoms. The van der Waals surface area contributed by atoms with Crippen LogP contribution >= 0.6 is 0 Å². The van der Waals surface area contributed by atoms with Gasteiger partial charge in [-0.15, -0.1) is 0 Å². The maximum Gasteiger partial charge on any atom is 0.222 e. The molecule has 0 spiro atoms. The van der Waals surface area contributed by atoms with E-state index in [2.05, 4.69) is 16.4 Å². The lowest BCUT2D eigenvalue weighted by atomic mass is 9.84. The average molecular weight is 387 g/mol. The summed E-state index contributed by atoms with van der Waals surface area (Å²) in [6.45, 7) is 7.13. The first-order valence-corrected chi connectivity index (χ1v) is 11.1. The first kappa shape index (κ1) is 19.5. The first-order valence-electron chi connectivity index (χ1n) is 11.1. The Kier molecular flexibility index (Phi) is 5.74. The fourth-order valence-electron chi connectivity index (χ4n) is 5.11. The fourth-order valence-corrected chi connectivity index (χ4v) is 5.11. The normalized spacial score (nSPS) is 22.4. The minimum atomic E-state index is 0.155. The van der Waals surface area contributed by atoms with Crippen LogP contribution in [0.25, 0.3) is 0 Å². The van der Waals surface area contributed by atoms with E-state index in [-0.39, 0.29) is 5.91 Å². The van der Waals surface area contributed by atoms with Crippen molar-refractivity contribution in [1.29, 1.82) is 0 Å². The van der Waals surface area contributed by atoms with Gasteiger partial charge in [-0.25, -0.2) is 4.98 Å². The first-order chi connectivity index (χ1) is 13.5. The standard InChI is InChI=1S/C22H34N4O2/c1-16-15-23-22(19-4-3-5-19)26(16)20-8-12-25(13-9-20)21(28)14-18-6-10-24(11-7-18)17(2)27/h15,18-20H,3-14H2,1-2H3. The van der Waals surface area contributed by atoms with Gasteiger partial charge < -0.3 is 14.4 Å². The Morgan fingerprint density at radius 2 is 1.64 bits per heavy atom. The van der Waals surface area contributed by atoms with E-state index in [9.17, 15) is 9.59 Å². The van der Waals surface area contributed by atoms with Crippen LogP contribution in [0.2, 0.25) is 0 Å². The summed E-state index contributed by atoms with van der Waals surface area (Å²) in [6, 6.07) is 0.487. The molecule has 6 nitrogen and oxygen atoms in total. The van der Waals surface area contributed by atoms with E-state index in [1.54, 1.807) is 6.92 Å². The van der Waals surface area contributed by atoms with Gasteiger partial charge in [0.15, 0.2) is 0 Å². The van der Waals surface area contributed by atoms with E-state index in [4.69, 9.17) is 4.98 Å². The highest BCUT2D eigenvalue weighted by Gasteiger charge is 2.31. The van der Waals surface area contributed by atoms with E-state index in [1.807, 2.05) is 11.1 Å². The van der Waals surface area contributed by atoms with Gasteiger partial charge in [-0.05, 0) is 51.4 Å². The number of amides is 2. The van der Waals surface area contributed by atoms with E-state index < -0.39 is 0 Å². The summed E-state index contributed by atoms with van der Waals surface area (Å²) in [5, 5.41) is 0. The number of aromatic nitrogens is 2. The Balaban J connectivity index is 1.28. The van der Waals surface area contributed by atoms with Crippen LogP contribution in [0.1, 0.15) is 81.8 Å². The molecule has 4 rings (SSSR count). The van der Waals surface area contributed by atoms with Crippen molar-refractivity contribution in [3.63, 3.8) is 0 Å². The quantitative estimate of drug-likeness (QED) is 0.798. The van der Waals surface area contributed by atoms with Gasteiger partial charge in [-0.1, -0.05) is 6.42 Å². The molecule has 2 amide bonds. The summed E-state index contributed by atoms with van der Waals surface area (Å²) in [5.74, 6) is 2.83. The summed E-state index contributed by atoms with van der Waals surface area (Å²) in [5.41, 5.74) is 1.27. The molecule has 2 aliphatic heterocycles. The fraction of sp³-hybridized carbons (Fsp3) is 0.773. The molecule has 1 aliphatic carbocycles. The second-order valence-electron chi connectivity index (χ2n) is 9.02. The molecule has 0 aromatic carbocycles. The number of carbonyl (C=O) groups excluding carboxylic acids is 2. The molecule has 28 heavy (non-hydrogen) atoms. The third-order valence-electron chi connectivity index (χ3n) is 7.19. The van der Waals surface area contributed by atoms with Crippen LogP contribution in [-0.4, -0.2) is 57.3 Å². The average Bonchev–Trinajstić information content (AvgIpc) is 3.02. The number of likely N-dealkylation sites (tertiary alicyclic amines) is 2. The van der Waals surface area contributed by atoms with Crippen LogP contribution in [0.5, 0.6) is 0 Å². The number of nitrogens with zero attached hydrogens (tertiary/aromatic N) is 4. The zero-order valence-electron chi connectivity index (χ0n) is 17.4. The Hall–Kier alpha value is -1.85. The van der Waals surface area contributed by atoms with Crippen molar-refractivity contribution in [3.05, 3.63) is 17.7 Å². The molecule has 1 saturated carbocycles. The zero-order chi connectivity index (χ0) is 19.7. The minimum absolute atomic E-state index is 0.155. The van der Waals surface area contributed by atoms with Gasteiger partial charge in [-0.2, -0.15) is 0 Å². The highest BCUT2D eigenvalue weighted by Crippen LogP contribution is 2.38. The van der Waals surface area contributed by atoms with Crippen LogP contribution in [0.3, 0.4) is 0 Å². The van der Waals surface area contributed by atoms with Gasteiger partial charge in [0.2, 0.25) is 11.8 Å². The largest absolute Gasteiger partial charge is 0.343 e. The third kappa shape index (κ3) is 3.96. The summed E-state index contributed by atoms with van der Waals surface area (Å²) >= 11 is 0. The number of hydrogen-bond donors (Lipinski definition) is 0. The molecule has 154 valence electrons. The predicted octanol–water partition coefficient (Wildman–Crippen LogP) is 3.27. The van der Waals surface area contributed by atoms with Crippen molar-refractivity contribution < 1.29 is 9.59 Å². The summed E-state index contributed by atoms with van der Waals surface area (Å²) in [4.78, 5) is 33.0. The second kappa shape index (κ2) is 8.26. The van der Waals surface area contributed by atoms with Crippen LogP contribution in [0.4, 0.5) is 0 Å². The topological polar surface area (TPSA) is 58.4 Å². The smallest absolute Gasteiger partial charge is 0.222 e. The molecule has 2 saturated heterocycles. The van der Waals surface area contributed by atoms with Crippen molar-refractivity contribution in [1.82, 2.24) is 19.4 Å². The number of hydrogen-bond acceptors (Lipinski definition) is 3. The van der Waals surface area contributed by atoms with Gasteiger partial charge in [0.25, 0.3) is 0 Å². The molecule has 3 aliphatic rings. The Morgan fingerprint density at radius 3 is 2.21 bits per heavy atom. The van der Waals surface area contributed by atoms with E-state index in [0.29, 0.717) is 30.2 Å². The van der Waals surface area contributed by atoms with Crippen molar-refractivity contribution in [2.75, 3.05) is 26.2 Å². The summed E-state index contributed by atoms with van der Waals surface area (Å²) in [7, 11) is 0. The minimum Gasteiger partial charge on any atom is -0.343 e. The van der Waals surface area contributed by atoms with E-state index in [0.717, 1.165) is 51.9 Å². The van der Waals surface area contributed by atoms with Crippen molar-refractivity contribution in [2.45, 2.75) is 77.2 Å². The van der Waals surface area contributed by atoms with Crippen LogP contribution in [0, 0.1) is 12.8 Å². The Labute approximate surface area is 168 Å². The highest BCUT2D eigenvalue weighted by molar-refractivity contribution is 5.76. The Morgan fingerprint density at radius 1 is 1.00 bits per heavy atom. The van der Waals surface area contributed by atoms with Gasteiger partial charge in [0.05, 0.1) is 0 Å².